The van der Waals surface area contributed by atoms with E-state index in [4.69, 9.17) is 0 Å². The summed E-state index contributed by atoms with van der Waals surface area (Å²) in [7, 11) is 0. The van der Waals surface area contributed by atoms with Gasteiger partial charge in [-0.2, -0.15) is 0 Å². The quantitative estimate of drug-likeness (QED) is 0.713. The molecule has 0 heterocycles. The van der Waals surface area contributed by atoms with E-state index in [2.05, 4.69) is 33.4 Å². The van der Waals surface area contributed by atoms with E-state index in [0.29, 0.717) is 5.92 Å². The Kier molecular flexibility index (Phi) is 4.15. The van der Waals surface area contributed by atoms with Crippen molar-refractivity contribution in [3.8, 4) is 0 Å². The topological polar surface area (TPSA) is 20.2 Å². The van der Waals surface area contributed by atoms with Crippen LogP contribution in [0.25, 0.3) is 0 Å². The van der Waals surface area contributed by atoms with Crippen LogP contribution in [0, 0.1) is 5.92 Å². The lowest BCUT2D eigenvalue weighted by Crippen LogP contribution is -2.27. The summed E-state index contributed by atoms with van der Waals surface area (Å²) in [4.78, 5) is 0. The molecule has 0 amide bonds. The fourth-order valence-electron chi connectivity index (χ4n) is 2.44. The summed E-state index contributed by atoms with van der Waals surface area (Å²) in [6.45, 7) is 12.1. The molecule has 1 rings (SSSR count). The smallest absolute Gasteiger partial charge is 0.0802 e. The second-order valence-electron chi connectivity index (χ2n) is 5.45. The largest absolute Gasteiger partial charge is 0.386 e. The number of hydrogen-bond donors (Lipinski definition) is 1. The van der Waals surface area contributed by atoms with Gasteiger partial charge in [0.2, 0.25) is 0 Å². The van der Waals surface area contributed by atoms with Crippen molar-refractivity contribution in [2.75, 3.05) is 0 Å². The summed E-state index contributed by atoms with van der Waals surface area (Å²) < 4.78 is 0. The Labute approximate surface area is 99.6 Å². The predicted octanol–water partition coefficient (Wildman–Crippen LogP) is 4.01. The van der Waals surface area contributed by atoms with Crippen LogP contribution in [0.3, 0.4) is 0 Å². The number of hydrogen-bond acceptors (Lipinski definition) is 1. The molecule has 0 aromatic heterocycles. The van der Waals surface area contributed by atoms with Crippen molar-refractivity contribution in [1.82, 2.24) is 0 Å². The summed E-state index contributed by atoms with van der Waals surface area (Å²) in [5, 5.41) is 10.1. The van der Waals surface area contributed by atoms with Crippen LogP contribution in [0.1, 0.15) is 47.0 Å². The highest BCUT2D eigenvalue weighted by Crippen LogP contribution is 2.36. The Balaban J connectivity index is 2.89. The summed E-state index contributed by atoms with van der Waals surface area (Å²) in [5.41, 5.74) is 3.58. The van der Waals surface area contributed by atoms with Crippen molar-refractivity contribution in [2.24, 2.45) is 5.92 Å². The van der Waals surface area contributed by atoms with Gasteiger partial charge in [0.05, 0.1) is 5.60 Å². The molecule has 0 aromatic rings. The van der Waals surface area contributed by atoms with Crippen molar-refractivity contribution in [3.63, 3.8) is 0 Å². The molecule has 0 bridgehead atoms. The maximum Gasteiger partial charge on any atom is 0.0802 e. The summed E-state index contributed by atoms with van der Waals surface area (Å²) in [6.07, 6.45) is 6.86. The van der Waals surface area contributed by atoms with E-state index in [-0.39, 0.29) is 0 Å². The molecule has 90 valence electrons. The van der Waals surface area contributed by atoms with Gasteiger partial charge in [-0.15, -0.1) is 6.58 Å². The molecule has 0 aliphatic heterocycles. The first-order valence-corrected chi connectivity index (χ1v) is 6.03. The van der Waals surface area contributed by atoms with E-state index in [0.717, 1.165) is 19.3 Å². The molecule has 0 saturated heterocycles. The lowest BCUT2D eigenvalue weighted by molar-refractivity contribution is 0.0867. The highest BCUT2D eigenvalue weighted by molar-refractivity contribution is 5.25. The SMILES string of the molecule is C=C[C@@](C)(O)C[C@@H]1CC(C)=CCC1=C(C)C. The molecule has 1 aliphatic rings. The van der Waals surface area contributed by atoms with Crippen LogP contribution in [0.4, 0.5) is 0 Å². The Morgan fingerprint density at radius 2 is 2.25 bits per heavy atom. The molecule has 0 aromatic carbocycles. The Morgan fingerprint density at radius 3 is 2.75 bits per heavy atom. The molecule has 1 N–H and O–H groups in total. The highest BCUT2D eigenvalue weighted by Gasteiger charge is 2.27. The van der Waals surface area contributed by atoms with Crippen molar-refractivity contribution in [3.05, 3.63) is 35.5 Å². The van der Waals surface area contributed by atoms with Crippen LogP contribution in [0.15, 0.2) is 35.5 Å². The second kappa shape index (κ2) is 5.01. The third-order valence-electron chi connectivity index (χ3n) is 3.47. The zero-order chi connectivity index (χ0) is 12.3. The molecule has 0 saturated carbocycles. The van der Waals surface area contributed by atoms with E-state index < -0.39 is 5.60 Å². The zero-order valence-electron chi connectivity index (χ0n) is 11.0. The normalized spacial score (nSPS) is 24.7. The Morgan fingerprint density at radius 1 is 1.62 bits per heavy atom. The van der Waals surface area contributed by atoms with E-state index in [1.54, 1.807) is 6.08 Å². The van der Waals surface area contributed by atoms with Crippen LogP contribution in [0.2, 0.25) is 0 Å². The van der Waals surface area contributed by atoms with Gasteiger partial charge in [0.1, 0.15) is 0 Å². The van der Waals surface area contributed by atoms with E-state index in [1.165, 1.54) is 16.7 Å². The lowest BCUT2D eigenvalue weighted by atomic mass is 9.77. The maximum absolute atomic E-state index is 10.1. The van der Waals surface area contributed by atoms with Crippen LogP contribution >= 0.6 is 0 Å². The first kappa shape index (κ1) is 13.2. The first-order chi connectivity index (χ1) is 7.35. The molecule has 2 atom stereocenters. The van der Waals surface area contributed by atoms with Crippen molar-refractivity contribution in [2.45, 2.75) is 52.6 Å². The van der Waals surface area contributed by atoms with E-state index in [9.17, 15) is 5.11 Å². The molecule has 16 heavy (non-hydrogen) atoms. The minimum absolute atomic E-state index is 0.475. The molecule has 0 radical (unpaired) electrons. The molecule has 0 spiro atoms. The summed E-state index contributed by atoms with van der Waals surface area (Å²) >= 11 is 0. The van der Waals surface area contributed by atoms with Crippen molar-refractivity contribution < 1.29 is 5.11 Å². The minimum atomic E-state index is -0.747. The average Bonchev–Trinajstić information content (AvgIpc) is 2.16. The number of rotatable bonds is 3. The first-order valence-electron chi connectivity index (χ1n) is 6.03. The third-order valence-corrected chi connectivity index (χ3v) is 3.47. The van der Waals surface area contributed by atoms with Gasteiger partial charge < -0.3 is 5.11 Å². The molecule has 1 aliphatic carbocycles. The van der Waals surface area contributed by atoms with Gasteiger partial charge >= 0.3 is 0 Å². The van der Waals surface area contributed by atoms with Crippen LogP contribution in [-0.2, 0) is 0 Å². The fraction of sp³-hybridized carbons (Fsp3) is 0.600. The summed E-state index contributed by atoms with van der Waals surface area (Å²) in [6, 6.07) is 0. The number of aliphatic hydroxyl groups is 1. The van der Waals surface area contributed by atoms with Crippen LogP contribution in [-0.4, -0.2) is 10.7 Å². The monoisotopic (exact) mass is 220 g/mol. The molecule has 0 unspecified atom stereocenters. The number of allylic oxidation sites excluding steroid dienone is 4. The van der Waals surface area contributed by atoms with Crippen LogP contribution in [0.5, 0.6) is 0 Å². The standard InChI is InChI=1S/C15H24O/c1-6-15(5,16)10-13-9-12(4)7-8-14(13)11(2)3/h6-7,13,16H,1,8-10H2,2-5H3/t13-,15+/m0/s1. The van der Waals surface area contributed by atoms with Gasteiger partial charge in [0.25, 0.3) is 0 Å². The van der Waals surface area contributed by atoms with Crippen LogP contribution < -0.4 is 0 Å². The van der Waals surface area contributed by atoms with Gasteiger partial charge in [-0.1, -0.05) is 28.9 Å². The van der Waals surface area contributed by atoms with Gasteiger partial charge in [0.15, 0.2) is 0 Å². The predicted molar refractivity (Wildman–Crippen MR) is 70.3 cm³/mol. The second-order valence-corrected chi connectivity index (χ2v) is 5.45. The molecule has 1 nitrogen and oxygen atoms in total. The molecule has 1 heteroatoms. The van der Waals surface area contributed by atoms with Crippen molar-refractivity contribution >= 4 is 0 Å². The minimum Gasteiger partial charge on any atom is -0.386 e. The van der Waals surface area contributed by atoms with E-state index in [1.807, 2.05) is 6.92 Å². The third kappa shape index (κ3) is 3.34. The molecular weight excluding hydrogens is 196 g/mol. The zero-order valence-corrected chi connectivity index (χ0v) is 11.0. The molecular formula is C15H24O. The lowest BCUT2D eigenvalue weighted by Gasteiger charge is -2.31. The average molecular weight is 220 g/mol. The fourth-order valence-corrected chi connectivity index (χ4v) is 2.44. The van der Waals surface area contributed by atoms with E-state index >= 15 is 0 Å². The Hall–Kier alpha value is -0.820. The Bertz CT molecular complexity index is 327. The van der Waals surface area contributed by atoms with Gasteiger partial charge in [-0.3, -0.25) is 0 Å². The van der Waals surface area contributed by atoms with Gasteiger partial charge in [0, 0.05) is 0 Å². The summed E-state index contributed by atoms with van der Waals surface area (Å²) in [5.74, 6) is 0.475. The van der Waals surface area contributed by atoms with Gasteiger partial charge in [-0.05, 0) is 52.9 Å². The van der Waals surface area contributed by atoms with Crippen molar-refractivity contribution in [1.29, 1.82) is 0 Å². The molecule has 0 fully saturated rings. The highest BCUT2D eigenvalue weighted by atomic mass is 16.3. The van der Waals surface area contributed by atoms with Gasteiger partial charge in [-0.25, -0.2) is 0 Å². The maximum atomic E-state index is 10.1.